The van der Waals surface area contributed by atoms with Gasteiger partial charge in [0.1, 0.15) is 0 Å². The van der Waals surface area contributed by atoms with Crippen LogP contribution in [0.25, 0.3) is 0 Å². The van der Waals surface area contributed by atoms with Crippen LogP contribution in [0.2, 0.25) is 0 Å². The summed E-state index contributed by atoms with van der Waals surface area (Å²) >= 11 is 7.21. The van der Waals surface area contributed by atoms with Gasteiger partial charge in [0.05, 0.1) is 0 Å². The van der Waals surface area contributed by atoms with Crippen molar-refractivity contribution in [3.05, 3.63) is 0 Å². The Morgan fingerprint density at radius 2 is 1.10 bits per heavy atom. The molecule has 0 heterocycles. The first-order valence-electron chi connectivity index (χ1n) is 5.84. The third kappa shape index (κ3) is 118. The van der Waals surface area contributed by atoms with Gasteiger partial charge in [-0.3, -0.25) is 0 Å². The molecule has 131 valence electrons. The van der Waals surface area contributed by atoms with Crippen LogP contribution in [0.15, 0.2) is 0 Å². The summed E-state index contributed by atoms with van der Waals surface area (Å²) in [5, 5.41) is 0. The molecule has 0 atom stereocenters. The third-order valence-corrected chi connectivity index (χ3v) is 1.64. The van der Waals surface area contributed by atoms with Crippen LogP contribution in [-0.2, 0) is 40.7 Å². The van der Waals surface area contributed by atoms with Crippen LogP contribution < -0.4 is 0 Å². The Bertz CT molecular complexity index is 245. The van der Waals surface area contributed by atoms with E-state index < -0.39 is 13.4 Å². The zero-order valence-electron chi connectivity index (χ0n) is 11.8. The van der Waals surface area contributed by atoms with E-state index in [1.807, 2.05) is 0 Å². The molecule has 0 aromatic rings. The average Bonchev–Trinajstić information content (AvgIpc) is 2.06. The Morgan fingerprint density at radius 1 is 0.800 bits per heavy atom. The normalized spacial score (nSPS) is 10.7. The van der Waals surface area contributed by atoms with Crippen molar-refractivity contribution in [2.24, 2.45) is 5.92 Å². The van der Waals surface area contributed by atoms with Crippen molar-refractivity contribution in [3.63, 3.8) is 0 Å². The second kappa shape index (κ2) is 16.9. The van der Waals surface area contributed by atoms with Gasteiger partial charge >= 0.3 is 13.4 Å². The summed E-state index contributed by atoms with van der Waals surface area (Å²) in [6.45, 7) is -0.757. The Labute approximate surface area is 142 Å². The predicted molar refractivity (Wildman–Crippen MR) is 85.5 cm³/mol. The van der Waals surface area contributed by atoms with Crippen molar-refractivity contribution < 1.29 is 46.4 Å². The smallest absolute Gasteiger partial charge is 0.319 e. The van der Waals surface area contributed by atoms with Gasteiger partial charge in [-0.15, -0.1) is 0 Å². The van der Waals surface area contributed by atoms with Gasteiger partial charge in [0.2, 0.25) is 0 Å². The first-order valence-corrected chi connectivity index (χ1v) is 11.2. The Balaban J connectivity index is -0.000000101. The minimum atomic E-state index is -3.81. The van der Waals surface area contributed by atoms with Crippen LogP contribution in [0.3, 0.4) is 0 Å². The predicted octanol–water partition coefficient (Wildman–Crippen LogP) is 1.99. The Hall–Kier alpha value is 1.58. The fourth-order valence-electron chi connectivity index (χ4n) is 0.979. The van der Waals surface area contributed by atoms with E-state index in [-0.39, 0.29) is 17.1 Å². The maximum absolute atomic E-state index is 7.56. The first-order chi connectivity index (χ1) is 8.27. The van der Waals surface area contributed by atoms with E-state index in [0.717, 1.165) is 5.92 Å². The fraction of sp³-hybridized carbons (Fsp3) is 1.00. The Morgan fingerprint density at radius 3 is 1.30 bits per heavy atom. The number of hydrogen-bond acceptors (Lipinski definition) is 2. The van der Waals surface area contributed by atoms with Crippen LogP contribution in [0.1, 0.15) is 52.9 Å². The van der Waals surface area contributed by atoms with Crippen molar-refractivity contribution in [3.8, 4) is 0 Å². The maximum Gasteiger partial charge on any atom is 0.319 e. The molecule has 0 spiro atoms. The molecule has 0 aromatic heterocycles. The summed E-state index contributed by atoms with van der Waals surface area (Å²) in [7, 11) is 0. The molecule has 6 N–H and O–H groups in total. The average molecular weight is 420 g/mol. The van der Waals surface area contributed by atoms with E-state index in [4.69, 9.17) is 29.4 Å². The summed E-state index contributed by atoms with van der Waals surface area (Å²) in [5.74, 6) is 0.904. The zero-order chi connectivity index (χ0) is 16.1. The molecule has 0 aliphatic heterocycles. The monoisotopic (exact) mass is 419 g/mol. The van der Waals surface area contributed by atoms with E-state index in [2.05, 4.69) is 44.4 Å². The quantitative estimate of drug-likeness (QED) is 0.227. The van der Waals surface area contributed by atoms with E-state index in [1.165, 1.54) is 32.1 Å². The van der Waals surface area contributed by atoms with Gasteiger partial charge in [-0.1, -0.05) is 52.9 Å². The second-order valence-electron chi connectivity index (χ2n) is 4.27. The molecular formula is C9H26CuO6P2S2. The number of rotatable bonds is 5. The zero-order valence-corrected chi connectivity index (χ0v) is 16.2. The molecule has 1 radical (unpaired) electrons. The summed E-state index contributed by atoms with van der Waals surface area (Å²) in [6, 6.07) is 0. The van der Waals surface area contributed by atoms with Gasteiger partial charge in [-0.25, -0.2) is 0 Å². The molecule has 0 fully saturated rings. The minimum absolute atomic E-state index is 0. The topological polar surface area (TPSA) is 121 Å². The fourth-order valence-corrected chi connectivity index (χ4v) is 0.979. The minimum Gasteiger partial charge on any atom is -0.325 e. The van der Waals surface area contributed by atoms with E-state index in [9.17, 15) is 0 Å². The van der Waals surface area contributed by atoms with Crippen molar-refractivity contribution in [1.29, 1.82) is 0 Å². The molecule has 0 aliphatic carbocycles. The van der Waals surface area contributed by atoms with Crippen LogP contribution in [0, 0.1) is 5.92 Å². The summed E-state index contributed by atoms with van der Waals surface area (Å²) in [6.07, 6.45) is 7.07. The van der Waals surface area contributed by atoms with Crippen molar-refractivity contribution in [1.82, 2.24) is 0 Å². The molecule has 0 aromatic carbocycles. The Kier molecular flexibility index (Phi) is 25.1. The van der Waals surface area contributed by atoms with Crippen molar-refractivity contribution >= 4 is 37.1 Å². The standard InChI is InChI=1S/C9H20.Cu.2H3O3PS/c1-4-5-6-7-8-9(2)3;;2*1-4(2,3)5/h9H,4-8H2,1-3H3;;2*(H3,1,2,3,5). The third-order valence-electron chi connectivity index (χ3n) is 1.64. The van der Waals surface area contributed by atoms with Gasteiger partial charge in [0, 0.05) is 17.1 Å². The van der Waals surface area contributed by atoms with Crippen LogP contribution in [0.4, 0.5) is 0 Å². The van der Waals surface area contributed by atoms with Gasteiger partial charge in [-0.2, -0.15) is 0 Å². The van der Waals surface area contributed by atoms with Crippen LogP contribution >= 0.6 is 13.4 Å². The molecule has 0 saturated carbocycles. The van der Waals surface area contributed by atoms with Gasteiger partial charge < -0.3 is 29.4 Å². The molecule has 0 bridgehead atoms. The van der Waals surface area contributed by atoms with Crippen LogP contribution in [-0.4, -0.2) is 29.4 Å². The molecule has 6 nitrogen and oxygen atoms in total. The van der Waals surface area contributed by atoms with Gasteiger partial charge in [0.25, 0.3) is 0 Å². The summed E-state index contributed by atoms with van der Waals surface area (Å²) in [5.41, 5.74) is 0. The van der Waals surface area contributed by atoms with E-state index in [1.54, 1.807) is 0 Å². The second-order valence-corrected chi connectivity index (χ2v) is 9.26. The number of unbranched alkanes of at least 4 members (excludes halogenated alkanes) is 3. The molecule has 0 saturated heterocycles. The molecule has 0 rings (SSSR count). The molecule has 11 heteroatoms. The molecule has 0 amide bonds. The van der Waals surface area contributed by atoms with Gasteiger partial charge in [0.15, 0.2) is 0 Å². The van der Waals surface area contributed by atoms with Crippen LogP contribution in [0.5, 0.6) is 0 Å². The van der Waals surface area contributed by atoms with Gasteiger partial charge in [-0.05, 0) is 29.5 Å². The van der Waals surface area contributed by atoms with E-state index in [0.29, 0.717) is 0 Å². The molecule has 0 aliphatic rings. The number of hydrogen-bond donors (Lipinski definition) is 6. The molecular weight excluding hydrogens is 394 g/mol. The van der Waals surface area contributed by atoms with E-state index >= 15 is 0 Å². The SMILES string of the molecule is CCCCCCC(C)C.OP(O)(O)=S.OP(O)(O)=S.[Cu]. The first kappa shape index (κ1) is 29.6. The van der Waals surface area contributed by atoms with Crippen molar-refractivity contribution in [2.75, 3.05) is 0 Å². The maximum atomic E-state index is 7.56. The van der Waals surface area contributed by atoms with Crippen molar-refractivity contribution in [2.45, 2.75) is 52.9 Å². The largest absolute Gasteiger partial charge is 0.325 e. The summed E-state index contributed by atoms with van der Waals surface area (Å²) in [4.78, 5) is 45.3. The molecule has 20 heavy (non-hydrogen) atoms. The molecule has 0 unspecified atom stereocenters. The summed E-state index contributed by atoms with van der Waals surface area (Å²) < 4.78 is 0.